The molecule has 80 valence electrons. The third-order valence-corrected chi connectivity index (χ3v) is 2.77. The summed E-state index contributed by atoms with van der Waals surface area (Å²) in [5.41, 5.74) is 1.10. The van der Waals surface area contributed by atoms with Gasteiger partial charge in [-0.2, -0.15) is 0 Å². The third-order valence-electron chi connectivity index (χ3n) is 2.77. The molecule has 0 bridgehead atoms. The molecular weight excluding hydrogens is 188 g/mol. The van der Waals surface area contributed by atoms with E-state index in [2.05, 4.69) is 16.4 Å². The molecule has 0 aliphatic carbocycles. The molecule has 1 saturated heterocycles. The van der Waals surface area contributed by atoms with Crippen LogP contribution in [-0.4, -0.2) is 36.2 Å². The molecule has 2 rings (SSSR count). The third kappa shape index (κ3) is 2.24. The van der Waals surface area contributed by atoms with Gasteiger partial charge in [-0.3, -0.25) is 0 Å². The first-order valence-electron chi connectivity index (χ1n) is 5.20. The summed E-state index contributed by atoms with van der Waals surface area (Å²) in [5.74, 6) is 0.332. The van der Waals surface area contributed by atoms with E-state index < -0.39 is 0 Å². The SMILES string of the molecule is C=CN1CCN(c2cccc(O)c2)CC1. The highest BCUT2D eigenvalue weighted by atomic mass is 16.3. The van der Waals surface area contributed by atoms with Gasteiger partial charge in [-0.05, 0) is 18.3 Å². The highest BCUT2D eigenvalue weighted by Crippen LogP contribution is 2.21. The molecule has 0 unspecified atom stereocenters. The van der Waals surface area contributed by atoms with Crippen molar-refractivity contribution in [3.05, 3.63) is 37.0 Å². The Morgan fingerprint density at radius 1 is 1.20 bits per heavy atom. The van der Waals surface area contributed by atoms with Crippen LogP contribution in [0.3, 0.4) is 0 Å². The van der Waals surface area contributed by atoms with Crippen molar-refractivity contribution in [3.8, 4) is 5.75 Å². The molecule has 1 N–H and O–H groups in total. The van der Waals surface area contributed by atoms with Crippen molar-refractivity contribution in [3.63, 3.8) is 0 Å². The summed E-state index contributed by atoms with van der Waals surface area (Å²) in [5, 5.41) is 9.39. The summed E-state index contributed by atoms with van der Waals surface area (Å²) >= 11 is 0. The van der Waals surface area contributed by atoms with Gasteiger partial charge < -0.3 is 14.9 Å². The number of nitrogens with zero attached hydrogens (tertiary/aromatic N) is 2. The molecule has 0 atom stereocenters. The van der Waals surface area contributed by atoms with Gasteiger partial charge in [0.25, 0.3) is 0 Å². The molecule has 15 heavy (non-hydrogen) atoms. The van der Waals surface area contributed by atoms with Crippen LogP contribution in [0.2, 0.25) is 0 Å². The Morgan fingerprint density at radius 2 is 1.93 bits per heavy atom. The molecule has 1 fully saturated rings. The maximum atomic E-state index is 9.39. The summed E-state index contributed by atoms with van der Waals surface area (Å²) in [6.07, 6.45) is 1.89. The van der Waals surface area contributed by atoms with Crippen LogP contribution in [0.25, 0.3) is 0 Å². The first-order valence-corrected chi connectivity index (χ1v) is 5.20. The molecule has 1 aliphatic rings. The van der Waals surface area contributed by atoms with E-state index in [0.29, 0.717) is 5.75 Å². The summed E-state index contributed by atoms with van der Waals surface area (Å²) < 4.78 is 0. The monoisotopic (exact) mass is 204 g/mol. The normalized spacial score (nSPS) is 16.5. The maximum absolute atomic E-state index is 9.39. The Balaban J connectivity index is 2.04. The molecule has 1 aromatic rings. The topological polar surface area (TPSA) is 26.7 Å². The second-order valence-electron chi connectivity index (χ2n) is 3.73. The van der Waals surface area contributed by atoms with E-state index in [-0.39, 0.29) is 0 Å². The fourth-order valence-electron chi connectivity index (χ4n) is 1.85. The Bertz CT molecular complexity index is 343. The Hall–Kier alpha value is -1.64. The molecule has 0 amide bonds. The maximum Gasteiger partial charge on any atom is 0.117 e. The number of rotatable bonds is 2. The van der Waals surface area contributed by atoms with Crippen molar-refractivity contribution in [1.29, 1.82) is 0 Å². The van der Waals surface area contributed by atoms with Gasteiger partial charge in [0.2, 0.25) is 0 Å². The predicted octanol–water partition coefficient (Wildman–Crippen LogP) is 1.66. The van der Waals surface area contributed by atoms with Crippen LogP contribution in [0.15, 0.2) is 37.0 Å². The second kappa shape index (κ2) is 4.26. The lowest BCUT2D eigenvalue weighted by molar-refractivity contribution is 0.350. The molecule has 0 saturated carbocycles. The molecular formula is C12H16N2O. The molecule has 3 nitrogen and oxygen atoms in total. The molecule has 3 heteroatoms. The number of hydrogen-bond acceptors (Lipinski definition) is 3. The van der Waals surface area contributed by atoms with E-state index in [1.807, 2.05) is 24.4 Å². The quantitative estimate of drug-likeness (QED) is 0.793. The van der Waals surface area contributed by atoms with E-state index in [0.717, 1.165) is 31.9 Å². The van der Waals surface area contributed by atoms with E-state index in [4.69, 9.17) is 0 Å². The van der Waals surface area contributed by atoms with Gasteiger partial charge in [0.05, 0.1) is 0 Å². The van der Waals surface area contributed by atoms with Crippen LogP contribution in [-0.2, 0) is 0 Å². The van der Waals surface area contributed by atoms with Gasteiger partial charge in [-0.25, -0.2) is 0 Å². The van der Waals surface area contributed by atoms with Crippen LogP contribution >= 0.6 is 0 Å². The molecule has 1 aliphatic heterocycles. The summed E-state index contributed by atoms with van der Waals surface area (Å²) in [7, 11) is 0. The van der Waals surface area contributed by atoms with Crippen molar-refractivity contribution in [2.45, 2.75) is 0 Å². The number of hydrogen-bond donors (Lipinski definition) is 1. The van der Waals surface area contributed by atoms with Crippen LogP contribution in [0, 0.1) is 0 Å². The number of piperazine rings is 1. The van der Waals surface area contributed by atoms with Gasteiger partial charge in [0.1, 0.15) is 5.75 Å². The molecule has 0 aromatic heterocycles. The molecule has 1 aromatic carbocycles. The number of anilines is 1. The Morgan fingerprint density at radius 3 is 2.53 bits per heavy atom. The lowest BCUT2D eigenvalue weighted by atomic mass is 10.2. The van der Waals surface area contributed by atoms with E-state index in [1.54, 1.807) is 6.07 Å². The van der Waals surface area contributed by atoms with Crippen molar-refractivity contribution in [2.75, 3.05) is 31.1 Å². The zero-order valence-corrected chi connectivity index (χ0v) is 8.76. The Labute approximate surface area is 90.2 Å². The zero-order chi connectivity index (χ0) is 10.7. The average Bonchev–Trinajstić information content (AvgIpc) is 2.29. The van der Waals surface area contributed by atoms with Crippen LogP contribution in [0.1, 0.15) is 0 Å². The second-order valence-corrected chi connectivity index (χ2v) is 3.73. The van der Waals surface area contributed by atoms with Crippen molar-refractivity contribution < 1.29 is 5.11 Å². The first kappa shape index (κ1) is 9.90. The number of phenols is 1. The molecule has 0 radical (unpaired) electrons. The van der Waals surface area contributed by atoms with Gasteiger partial charge in [0, 0.05) is 37.9 Å². The summed E-state index contributed by atoms with van der Waals surface area (Å²) in [6.45, 7) is 7.73. The predicted molar refractivity (Wildman–Crippen MR) is 62.1 cm³/mol. The van der Waals surface area contributed by atoms with Crippen molar-refractivity contribution >= 4 is 5.69 Å². The fourth-order valence-corrected chi connectivity index (χ4v) is 1.85. The smallest absolute Gasteiger partial charge is 0.117 e. The highest BCUT2D eigenvalue weighted by molar-refractivity contribution is 5.50. The number of benzene rings is 1. The lowest BCUT2D eigenvalue weighted by Crippen LogP contribution is -2.43. The zero-order valence-electron chi connectivity index (χ0n) is 8.76. The van der Waals surface area contributed by atoms with Gasteiger partial charge in [0.15, 0.2) is 0 Å². The summed E-state index contributed by atoms with van der Waals surface area (Å²) in [4.78, 5) is 4.49. The highest BCUT2D eigenvalue weighted by Gasteiger charge is 2.14. The molecule has 0 spiro atoms. The van der Waals surface area contributed by atoms with Gasteiger partial charge >= 0.3 is 0 Å². The first-order chi connectivity index (χ1) is 7.29. The summed E-state index contributed by atoms with van der Waals surface area (Å²) in [6, 6.07) is 7.42. The lowest BCUT2D eigenvalue weighted by Gasteiger charge is -2.35. The van der Waals surface area contributed by atoms with Crippen LogP contribution in [0.5, 0.6) is 5.75 Å². The number of phenolic OH excluding ortho intramolecular Hbond substituents is 1. The largest absolute Gasteiger partial charge is 0.508 e. The average molecular weight is 204 g/mol. The van der Waals surface area contributed by atoms with E-state index >= 15 is 0 Å². The standard InChI is InChI=1S/C12H16N2O/c1-2-13-6-8-14(9-7-13)11-4-3-5-12(15)10-11/h2-5,10,15H,1,6-9H2. The van der Waals surface area contributed by atoms with E-state index in [1.165, 1.54) is 0 Å². The van der Waals surface area contributed by atoms with Crippen molar-refractivity contribution in [1.82, 2.24) is 4.90 Å². The van der Waals surface area contributed by atoms with Gasteiger partial charge in [-0.1, -0.05) is 12.6 Å². The fraction of sp³-hybridized carbons (Fsp3) is 0.333. The van der Waals surface area contributed by atoms with E-state index in [9.17, 15) is 5.11 Å². The van der Waals surface area contributed by atoms with Crippen LogP contribution in [0.4, 0.5) is 5.69 Å². The Kier molecular flexibility index (Phi) is 2.81. The van der Waals surface area contributed by atoms with Crippen molar-refractivity contribution in [2.24, 2.45) is 0 Å². The van der Waals surface area contributed by atoms with Crippen LogP contribution < -0.4 is 4.90 Å². The molecule has 1 heterocycles. The minimum Gasteiger partial charge on any atom is -0.508 e. The minimum absolute atomic E-state index is 0.332. The minimum atomic E-state index is 0.332. The number of aromatic hydroxyl groups is 1. The van der Waals surface area contributed by atoms with Gasteiger partial charge in [-0.15, -0.1) is 0 Å².